The number of ether oxygens (including phenoxy) is 1. The number of hydrogen-bond donors (Lipinski definition) is 1. The molecule has 1 fully saturated rings. The first-order valence-electron chi connectivity index (χ1n) is 12.4. The van der Waals surface area contributed by atoms with Crippen LogP contribution < -0.4 is 9.05 Å². The van der Waals surface area contributed by atoms with E-state index < -0.39 is 42.5 Å². The Morgan fingerprint density at radius 3 is 2.08 bits per heavy atom. The van der Waals surface area contributed by atoms with E-state index in [-0.39, 0.29) is 41.2 Å². The number of esters is 1. The van der Waals surface area contributed by atoms with E-state index in [1.807, 2.05) is 0 Å². The summed E-state index contributed by atoms with van der Waals surface area (Å²) in [6.45, 7) is 1.22. The van der Waals surface area contributed by atoms with Crippen molar-refractivity contribution in [2.75, 3.05) is 0 Å². The summed E-state index contributed by atoms with van der Waals surface area (Å²) in [5.74, 6) is -1.82. The number of aliphatic hydroxyl groups excluding tert-OH is 1. The van der Waals surface area contributed by atoms with Crippen LogP contribution in [-0.2, 0) is 25.5 Å². The topological polar surface area (TPSA) is 146 Å². The summed E-state index contributed by atoms with van der Waals surface area (Å²) in [5.41, 5.74) is 0.0896. The Morgan fingerprint density at radius 1 is 1.02 bits per heavy atom. The lowest BCUT2D eigenvalue weighted by molar-refractivity contribution is -0.384. The molecule has 0 bridgehead atoms. The molecule has 11 nitrogen and oxygen atoms in total. The first kappa shape index (κ1) is 27.1. The minimum atomic E-state index is -4.32. The number of para-hydroxylation sites is 2. The number of non-ortho nitro benzene ring substituents is 1. The average Bonchev–Trinajstić information content (AvgIpc) is 3.28. The van der Waals surface area contributed by atoms with Crippen molar-refractivity contribution in [2.45, 2.75) is 32.1 Å². The first-order valence-corrected chi connectivity index (χ1v) is 14.0. The molecule has 2 aliphatic heterocycles. The average molecular weight is 564 g/mol. The van der Waals surface area contributed by atoms with Crippen molar-refractivity contribution in [3.8, 4) is 11.5 Å². The van der Waals surface area contributed by atoms with Gasteiger partial charge in [0.1, 0.15) is 23.8 Å². The molecule has 1 amide bonds. The number of fused-ring (bicyclic) bond motifs is 1. The first-order chi connectivity index (χ1) is 19.2. The number of nitro groups is 1. The predicted octanol–water partition coefficient (Wildman–Crippen LogP) is 4.81. The van der Waals surface area contributed by atoms with Crippen molar-refractivity contribution >= 4 is 25.2 Å². The maximum atomic E-state index is 14.6. The van der Waals surface area contributed by atoms with Gasteiger partial charge in [-0.15, -0.1) is 0 Å². The fourth-order valence-electron chi connectivity index (χ4n) is 4.78. The standard InChI is InChI=1S/C28H25N2O9P/c1-18(31)25-23-16-24(40(36,38-21-8-4-2-5-9-21)39-22-10-6-3-7-11-22)26(29(23)27(25)32)28(33)37-17-19-12-14-20(15-13-19)30(34)35/h2-15,18,23,25,31H,16-17H2,1H3/t18-,23-,25-/m1/s1. The molecule has 5 rings (SSSR count). The number of aliphatic hydroxyl groups is 1. The van der Waals surface area contributed by atoms with E-state index in [1.165, 1.54) is 36.1 Å². The van der Waals surface area contributed by atoms with Gasteiger partial charge in [-0.2, -0.15) is 0 Å². The lowest BCUT2D eigenvalue weighted by atomic mass is 9.83. The zero-order valence-electron chi connectivity index (χ0n) is 21.3. The zero-order chi connectivity index (χ0) is 28.4. The van der Waals surface area contributed by atoms with Crippen LogP contribution >= 0.6 is 7.60 Å². The van der Waals surface area contributed by atoms with Crippen molar-refractivity contribution in [3.05, 3.63) is 112 Å². The van der Waals surface area contributed by atoms with E-state index in [0.29, 0.717) is 5.56 Å². The Labute approximate surface area is 229 Å². The fourth-order valence-corrected chi connectivity index (χ4v) is 6.71. The molecule has 3 aromatic carbocycles. The number of carbonyl (C=O) groups is 2. The van der Waals surface area contributed by atoms with E-state index in [2.05, 4.69) is 0 Å². The van der Waals surface area contributed by atoms with E-state index in [4.69, 9.17) is 13.8 Å². The van der Waals surface area contributed by atoms with Crippen LogP contribution in [0.3, 0.4) is 0 Å². The molecule has 1 saturated heterocycles. The summed E-state index contributed by atoms with van der Waals surface area (Å²) in [7, 11) is -4.32. The minimum Gasteiger partial charge on any atom is -0.456 e. The highest BCUT2D eigenvalue weighted by Crippen LogP contribution is 2.63. The highest BCUT2D eigenvalue weighted by atomic mass is 31.2. The van der Waals surface area contributed by atoms with Crippen LogP contribution in [0.25, 0.3) is 0 Å². The molecule has 12 heteroatoms. The Kier molecular flexibility index (Phi) is 7.42. The van der Waals surface area contributed by atoms with Gasteiger partial charge in [0.25, 0.3) is 5.69 Å². The summed E-state index contributed by atoms with van der Waals surface area (Å²) in [6, 6.07) is 21.4. The van der Waals surface area contributed by atoms with Gasteiger partial charge in [-0.05, 0) is 48.9 Å². The van der Waals surface area contributed by atoms with Gasteiger partial charge in [0.05, 0.1) is 28.3 Å². The van der Waals surface area contributed by atoms with E-state index in [1.54, 1.807) is 60.7 Å². The number of amides is 1. The Bertz CT molecular complexity index is 1460. The second-order valence-corrected chi connectivity index (χ2v) is 11.2. The Balaban J connectivity index is 1.52. The van der Waals surface area contributed by atoms with Crippen molar-refractivity contribution < 1.29 is 38.0 Å². The van der Waals surface area contributed by atoms with Gasteiger partial charge in [0.15, 0.2) is 0 Å². The van der Waals surface area contributed by atoms with Crippen LogP contribution in [0.2, 0.25) is 0 Å². The lowest BCUT2D eigenvalue weighted by Crippen LogP contribution is -2.61. The van der Waals surface area contributed by atoms with Gasteiger partial charge >= 0.3 is 13.6 Å². The van der Waals surface area contributed by atoms with Gasteiger partial charge in [0.2, 0.25) is 5.91 Å². The quantitative estimate of drug-likeness (QED) is 0.120. The molecule has 0 radical (unpaired) electrons. The van der Waals surface area contributed by atoms with Crippen molar-refractivity contribution in [1.29, 1.82) is 0 Å². The normalized spacial score (nSPS) is 18.9. The van der Waals surface area contributed by atoms with Crippen LogP contribution in [-0.4, -0.2) is 39.0 Å². The highest BCUT2D eigenvalue weighted by Gasteiger charge is 2.61. The fraction of sp³-hybridized carbons (Fsp3) is 0.214. The van der Waals surface area contributed by atoms with Gasteiger partial charge in [-0.1, -0.05) is 36.4 Å². The molecule has 0 aliphatic carbocycles. The number of nitro benzene ring substituents is 1. The van der Waals surface area contributed by atoms with Gasteiger partial charge < -0.3 is 23.8 Å². The third kappa shape index (κ3) is 5.21. The maximum Gasteiger partial charge on any atom is 0.461 e. The molecule has 1 N–H and O–H groups in total. The van der Waals surface area contributed by atoms with Crippen LogP contribution in [0.5, 0.6) is 11.5 Å². The lowest BCUT2D eigenvalue weighted by Gasteiger charge is -2.44. The summed E-state index contributed by atoms with van der Waals surface area (Å²) in [5, 5.41) is 21.1. The Hall–Kier alpha value is -4.47. The van der Waals surface area contributed by atoms with E-state index in [9.17, 15) is 29.4 Å². The van der Waals surface area contributed by atoms with Crippen LogP contribution in [0.15, 0.2) is 95.9 Å². The Morgan fingerprint density at radius 2 is 1.57 bits per heavy atom. The number of rotatable bonds is 10. The van der Waals surface area contributed by atoms with Crippen LogP contribution in [0, 0.1) is 16.0 Å². The molecular weight excluding hydrogens is 539 g/mol. The summed E-state index contributed by atoms with van der Waals surface area (Å²) in [4.78, 5) is 38.1. The molecule has 3 atom stereocenters. The number of β-lactam (4-membered cyclic amide) rings is 1. The minimum absolute atomic E-state index is 0.0415. The molecule has 0 aromatic heterocycles. The molecule has 2 aliphatic rings. The third-order valence-corrected chi connectivity index (χ3v) is 8.64. The monoisotopic (exact) mass is 564 g/mol. The SMILES string of the molecule is C[C@@H](O)[C@H]1C(=O)N2C(C(=O)OCc3ccc([N+](=O)[O-])cc3)=C(P(=O)(Oc3ccccc3)Oc3ccccc3)C[C@H]12. The van der Waals surface area contributed by atoms with E-state index >= 15 is 0 Å². The smallest absolute Gasteiger partial charge is 0.456 e. The van der Waals surface area contributed by atoms with Gasteiger partial charge in [-0.3, -0.25) is 14.9 Å². The molecule has 0 spiro atoms. The molecule has 40 heavy (non-hydrogen) atoms. The number of nitrogens with zero attached hydrogens (tertiary/aromatic N) is 2. The summed E-state index contributed by atoms with van der Waals surface area (Å²) in [6.07, 6.45) is -1.05. The third-order valence-electron chi connectivity index (χ3n) is 6.68. The second kappa shape index (κ2) is 11.0. The molecule has 2 heterocycles. The molecular formula is C28H25N2O9P. The molecule has 206 valence electrons. The van der Waals surface area contributed by atoms with E-state index in [0.717, 1.165) is 0 Å². The summed E-state index contributed by atoms with van der Waals surface area (Å²) < 4.78 is 31.9. The maximum absolute atomic E-state index is 14.6. The number of benzene rings is 3. The highest BCUT2D eigenvalue weighted by molar-refractivity contribution is 7.59. The van der Waals surface area contributed by atoms with Crippen molar-refractivity contribution in [2.24, 2.45) is 5.92 Å². The van der Waals surface area contributed by atoms with Crippen LogP contribution in [0.4, 0.5) is 5.69 Å². The van der Waals surface area contributed by atoms with Gasteiger partial charge in [0, 0.05) is 18.6 Å². The predicted molar refractivity (Wildman–Crippen MR) is 142 cm³/mol. The van der Waals surface area contributed by atoms with Gasteiger partial charge in [-0.25, -0.2) is 9.36 Å². The molecule has 0 saturated carbocycles. The van der Waals surface area contributed by atoms with Crippen molar-refractivity contribution in [3.63, 3.8) is 0 Å². The molecule has 3 aromatic rings. The largest absolute Gasteiger partial charge is 0.461 e. The second-order valence-electron chi connectivity index (χ2n) is 9.35. The van der Waals surface area contributed by atoms with Crippen molar-refractivity contribution in [1.82, 2.24) is 4.90 Å². The molecule has 0 unspecified atom stereocenters. The van der Waals surface area contributed by atoms with Crippen LogP contribution in [0.1, 0.15) is 18.9 Å². The number of carbonyl (C=O) groups excluding carboxylic acids is 2. The number of hydrogen-bond acceptors (Lipinski definition) is 9. The zero-order valence-corrected chi connectivity index (χ0v) is 22.2. The summed E-state index contributed by atoms with van der Waals surface area (Å²) >= 11 is 0.